The summed E-state index contributed by atoms with van der Waals surface area (Å²) in [6.07, 6.45) is 0. The van der Waals surface area contributed by atoms with Crippen LogP contribution >= 0.6 is 11.6 Å². The monoisotopic (exact) mass is 303 g/mol. The maximum absolute atomic E-state index is 12.0. The number of hydrogen-bond donors (Lipinski definition) is 1. The number of benzene rings is 1. The normalized spacial score (nSPS) is 21.9. The van der Waals surface area contributed by atoms with Gasteiger partial charge in [0, 0.05) is 13.1 Å². The van der Waals surface area contributed by atoms with E-state index in [9.17, 15) is 13.2 Å². The predicted molar refractivity (Wildman–Crippen MR) is 72.2 cm³/mol. The molecule has 5 nitrogen and oxygen atoms in total. The Morgan fingerprint density at radius 2 is 2.21 bits per heavy atom. The molecule has 7 heteroatoms. The van der Waals surface area contributed by atoms with Crippen LogP contribution in [0.25, 0.3) is 0 Å². The molecule has 1 aromatic rings. The van der Waals surface area contributed by atoms with Gasteiger partial charge in [-0.3, -0.25) is 0 Å². The van der Waals surface area contributed by atoms with E-state index in [2.05, 4.69) is 10.1 Å². The van der Waals surface area contributed by atoms with Crippen LogP contribution in [0, 0.1) is 0 Å². The van der Waals surface area contributed by atoms with Crippen LogP contribution in [-0.2, 0) is 14.6 Å². The van der Waals surface area contributed by atoms with Gasteiger partial charge in [0.05, 0.1) is 28.7 Å². The summed E-state index contributed by atoms with van der Waals surface area (Å²) in [5, 5.41) is 2.63. The van der Waals surface area contributed by atoms with Crippen LogP contribution in [0.3, 0.4) is 0 Å². The molecule has 1 atom stereocenters. The first-order chi connectivity index (χ1) is 8.95. The fourth-order valence-corrected chi connectivity index (χ4v) is 3.89. The smallest absolute Gasteiger partial charge is 0.339 e. The molecule has 1 heterocycles. The lowest BCUT2D eigenvalue weighted by atomic mass is 10.1. The van der Waals surface area contributed by atoms with Crippen molar-refractivity contribution in [3.05, 3.63) is 34.3 Å². The van der Waals surface area contributed by atoms with Crippen LogP contribution in [0.5, 0.6) is 0 Å². The number of halogens is 1. The first kappa shape index (κ1) is 14.3. The Bertz CT molecular complexity index is 600. The van der Waals surface area contributed by atoms with Gasteiger partial charge >= 0.3 is 5.97 Å². The first-order valence-electron chi connectivity index (χ1n) is 5.76. The number of ether oxygens (including phenoxy) is 1. The Balaban J connectivity index is 2.43. The molecule has 0 aromatic heterocycles. The lowest BCUT2D eigenvalue weighted by Gasteiger charge is -2.24. The Kier molecular flexibility index (Phi) is 4.13. The van der Waals surface area contributed by atoms with E-state index in [1.807, 2.05) is 0 Å². The van der Waals surface area contributed by atoms with Crippen molar-refractivity contribution in [3.63, 3.8) is 0 Å². The summed E-state index contributed by atoms with van der Waals surface area (Å²) >= 11 is 5.91. The van der Waals surface area contributed by atoms with Crippen molar-refractivity contribution in [2.75, 3.05) is 26.0 Å². The van der Waals surface area contributed by atoms with E-state index in [4.69, 9.17) is 11.6 Å². The number of esters is 1. The van der Waals surface area contributed by atoms with Gasteiger partial charge in [-0.1, -0.05) is 17.7 Å². The number of methoxy groups -OCH3 is 1. The molecule has 1 aliphatic rings. The Morgan fingerprint density at radius 3 is 2.84 bits per heavy atom. The molecule has 1 N–H and O–H groups in total. The molecule has 0 bridgehead atoms. The van der Waals surface area contributed by atoms with Crippen molar-refractivity contribution in [2.45, 2.75) is 5.25 Å². The Hall–Kier alpha value is -1.11. The average Bonchev–Trinajstić information content (AvgIpc) is 2.38. The van der Waals surface area contributed by atoms with E-state index in [0.29, 0.717) is 18.7 Å². The summed E-state index contributed by atoms with van der Waals surface area (Å²) < 4.78 is 28.7. The molecule has 1 fully saturated rings. The van der Waals surface area contributed by atoms with E-state index < -0.39 is 21.1 Å². The van der Waals surface area contributed by atoms with Crippen molar-refractivity contribution < 1.29 is 17.9 Å². The van der Waals surface area contributed by atoms with Gasteiger partial charge < -0.3 is 10.1 Å². The minimum atomic E-state index is -3.20. The van der Waals surface area contributed by atoms with Gasteiger partial charge in [-0.15, -0.1) is 0 Å². The van der Waals surface area contributed by atoms with Crippen molar-refractivity contribution in [1.82, 2.24) is 5.32 Å². The van der Waals surface area contributed by atoms with Gasteiger partial charge in [-0.25, -0.2) is 13.2 Å². The van der Waals surface area contributed by atoms with Crippen LogP contribution in [0.4, 0.5) is 0 Å². The number of nitrogens with one attached hydrogen (secondary N) is 1. The van der Waals surface area contributed by atoms with Crippen LogP contribution in [-0.4, -0.2) is 40.3 Å². The van der Waals surface area contributed by atoms with E-state index in [-0.39, 0.29) is 16.3 Å². The second kappa shape index (κ2) is 5.48. The highest BCUT2D eigenvalue weighted by Gasteiger charge is 2.30. The second-order valence-electron chi connectivity index (χ2n) is 4.29. The molecule has 0 spiro atoms. The molecular formula is C12H14ClNO4S. The standard InChI is InChI=1S/C12H14ClNO4S/c1-18-12(15)9-6-8(2-3-10(9)13)11-7-14-4-5-19(11,16)17/h2-3,6,11,14H,4-5,7H2,1H3. The summed E-state index contributed by atoms with van der Waals surface area (Å²) in [4.78, 5) is 11.6. The lowest BCUT2D eigenvalue weighted by molar-refractivity contribution is 0.0601. The molecular weight excluding hydrogens is 290 g/mol. The summed E-state index contributed by atoms with van der Waals surface area (Å²) in [6, 6.07) is 4.64. The average molecular weight is 304 g/mol. The number of hydrogen-bond acceptors (Lipinski definition) is 5. The SMILES string of the molecule is COC(=O)c1cc(C2CNCCS2(=O)=O)ccc1Cl. The molecule has 104 valence electrons. The summed E-state index contributed by atoms with van der Waals surface area (Å²) in [7, 11) is -1.94. The van der Waals surface area contributed by atoms with Gasteiger partial charge in [-0.2, -0.15) is 0 Å². The third-order valence-corrected chi connectivity index (χ3v) is 5.50. The maximum atomic E-state index is 12.0. The summed E-state index contributed by atoms with van der Waals surface area (Å²) in [5.74, 6) is -0.485. The number of carbonyl (C=O) groups is 1. The predicted octanol–water partition coefficient (Wildman–Crippen LogP) is 1.19. The molecule has 1 saturated heterocycles. The molecule has 1 unspecified atom stereocenters. The third-order valence-electron chi connectivity index (χ3n) is 3.09. The molecule has 0 aliphatic carbocycles. The zero-order chi connectivity index (χ0) is 14.0. The number of carbonyl (C=O) groups excluding carboxylic acids is 1. The van der Waals surface area contributed by atoms with E-state index in [1.165, 1.54) is 19.2 Å². The largest absolute Gasteiger partial charge is 0.465 e. The Morgan fingerprint density at radius 1 is 1.47 bits per heavy atom. The molecule has 19 heavy (non-hydrogen) atoms. The van der Waals surface area contributed by atoms with Crippen molar-refractivity contribution in [2.24, 2.45) is 0 Å². The lowest BCUT2D eigenvalue weighted by Crippen LogP contribution is -2.38. The maximum Gasteiger partial charge on any atom is 0.339 e. The fourth-order valence-electron chi connectivity index (χ4n) is 2.05. The fraction of sp³-hybridized carbons (Fsp3) is 0.417. The van der Waals surface area contributed by atoms with E-state index >= 15 is 0 Å². The van der Waals surface area contributed by atoms with Crippen molar-refractivity contribution in [1.29, 1.82) is 0 Å². The van der Waals surface area contributed by atoms with E-state index in [1.54, 1.807) is 6.07 Å². The van der Waals surface area contributed by atoms with Crippen molar-refractivity contribution in [3.8, 4) is 0 Å². The van der Waals surface area contributed by atoms with Crippen LogP contribution in [0.2, 0.25) is 5.02 Å². The van der Waals surface area contributed by atoms with Crippen LogP contribution in [0.15, 0.2) is 18.2 Å². The van der Waals surface area contributed by atoms with Gasteiger partial charge in [0.15, 0.2) is 9.84 Å². The highest BCUT2D eigenvalue weighted by molar-refractivity contribution is 7.91. The zero-order valence-electron chi connectivity index (χ0n) is 10.3. The summed E-state index contributed by atoms with van der Waals surface area (Å²) in [6.45, 7) is 0.793. The topological polar surface area (TPSA) is 72.5 Å². The molecule has 1 aromatic carbocycles. The quantitative estimate of drug-likeness (QED) is 0.831. The molecule has 0 saturated carbocycles. The first-order valence-corrected chi connectivity index (χ1v) is 7.85. The minimum Gasteiger partial charge on any atom is -0.465 e. The van der Waals surface area contributed by atoms with Gasteiger partial charge in [-0.05, 0) is 17.7 Å². The number of rotatable bonds is 2. The Labute approximate surface area is 116 Å². The number of sulfone groups is 1. The minimum absolute atomic E-state index is 0.0911. The zero-order valence-corrected chi connectivity index (χ0v) is 11.9. The highest BCUT2D eigenvalue weighted by Crippen LogP contribution is 2.28. The van der Waals surface area contributed by atoms with Crippen molar-refractivity contribution >= 4 is 27.4 Å². The van der Waals surface area contributed by atoms with Crippen LogP contribution < -0.4 is 5.32 Å². The molecule has 0 amide bonds. The van der Waals surface area contributed by atoms with E-state index in [0.717, 1.165) is 0 Å². The summed E-state index contributed by atoms with van der Waals surface area (Å²) in [5.41, 5.74) is 0.736. The third kappa shape index (κ3) is 2.91. The van der Waals surface area contributed by atoms with Gasteiger partial charge in [0.2, 0.25) is 0 Å². The molecule has 2 rings (SSSR count). The van der Waals surface area contributed by atoms with Gasteiger partial charge in [0.1, 0.15) is 0 Å². The van der Waals surface area contributed by atoms with Gasteiger partial charge in [0.25, 0.3) is 0 Å². The molecule has 1 aliphatic heterocycles. The highest BCUT2D eigenvalue weighted by atomic mass is 35.5. The van der Waals surface area contributed by atoms with Crippen LogP contribution in [0.1, 0.15) is 21.2 Å². The second-order valence-corrected chi connectivity index (χ2v) is 7.00. The molecule has 0 radical (unpaired) electrons.